The van der Waals surface area contributed by atoms with Gasteiger partial charge in [-0.1, -0.05) is 18.2 Å². The normalized spacial score (nSPS) is 20.8. The molecule has 2 aromatic carbocycles. The van der Waals surface area contributed by atoms with Gasteiger partial charge in [-0.3, -0.25) is 4.40 Å². The number of hydrogen-bond donors (Lipinski definition) is 2. The molecule has 3 aliphatic rings. The van der Waals surface area contributed by atoms with Gasteiger partial charge in [0.2, 0.25) is 0 Å². The van der Waals surface area contributed by atoms with Crippen molar-refractivity contribution in [1.29, 1.82) is 0 Å². The molecule has 6 bridgehead atoms. The smallest absolute Gasteiger partial charge is 0.337 e. The summed E-state index contributed by atoms with van der Waals surface area (Å²) in [7, 11) is 0. The van der Waals surface area contributed by atoms with Crippen molar-refractivity contribution < 1.29 is 42.7 Å². The standard InChI is InChI=1S/C38H45F2N3O7/c1-22-21-47-14-15-48-38(6)10-12-42(13-11-38)35-32(33(36(45)46)50-37(3,4)5)23(2)27(20-44)34-41-30(19-43(34)35)25-9-7-8-24(16-25)26-17-28(39)29(40)18-31(26)49-22/h7-9,16-19,22,33,44H,10-15,20-21H2,1-6H3,(H,45,46)/t22-,33-/m0/s1. The summed E-state index contributed by atoms with van der Waals surface area (Å²) in [5, 5.41) is 21.3. The number of pyridine rings is 1. The third-order valence-corrected chi connectivity index (χ3v) is 9.39. The van der Waals surface area contributed by atoms with Gasteiger partial charge in [0.1, 0.15) is 23.3 Å². The molecule has 1 saturated heterocycles. The lowest BCUT2D eigenvalue weighted by atomic mass is 9.92. The van der Waals surface area contributed by atoms with E-state index in [2.05, 4.69) is 11.8 Å². The molecule has 1 fully saturated rings. The molecule has 4 aromatic rings. The summed E-state index contributed by atoms with van der Waals surface area (Å²) in [5.41, 5.74) is 2.87. The molecule has 12 heteroatoms. The molecule has 0 saturated carbocycles. The molecular weight excluding hydrogens is 648 g/mol. The number of carboxylic acids is 1. The molecule has 5 heterocycles. The van der Waals surface area contributed by atoms with Crippen LogP contribution >= 0.6 is 0 Å². The number of hydrogen-bond acceptors (Lipinski definition) is 8. The number of aromatic nitrogens is 2. The molecule has 2 atom stereocenters. The molecule has 3 aliphatic heterocycles. The van der Waals surface area contributed by atoms with E-state index in [1.54, 1.807) is 26.0 Å². The molecule has 0 aliphatic carbocycles. The first-order valence-corrected chi connectivity index (χ1v) is 17.0. The van der Waals surface area contributed by atoms with Crippen LogP contribution < -0.4 is 9.64 Å². The zero-order chi connectivity index (χ0) is 36.0. The Morgan fingerprint density at radius 2 is 1.82 bits per heavy atom. The van der Waals surface area contributed by atoms with Crippen molar-refractivity contribution in [1.82, 2.24) is 9.38 Å². The lowest BCUT2D eigenvalue weighted by Crippen LogP contribution is -2.46. The number of anilines is 1. The number of halogens is 2. The zero-order valence-corrected chi connectivity index (χ0v) is 29.4. The molecule has 0 amide bonds. The van der Waals surface area contributed by atoms with Crippen LogP contribution in [0.25, 0.3) is 28.0 Å². The van der Waals surface area contributed by atoms with Gasteiger partial charge in [-0.15, -0.1) is 0 Å². The first-order valence-electron chi connectivity index (χ1n) is 17.0. The van der Waals surface area contributed by atoms with Crippen molar-refractivity contribution in [2.75, 3.05) is 37.8 Å². The first kappa shape index (κ1) is 35.7. The van der Waals surface area contributed by atoms with Crippen molar-refractivity contribution >= 4 is 17.4 Å². The second-order valence-corrected chi connectivity index (χ2v) is 14.4. The topological polar surface area (TPSA) is 115 Å². The Balaban J connectivity index is 1.59. The van der Waals surface area contributed by atoms with E-state index in [0.717, 1.165) is 12.1 Å². The maximum absolute atomic E-state index is 14.7. The third-order valence-electron chi connectivity index (χ3n) is 9.39. The highest BCUT2D eigenvalue weighted by Crippen LogP contribution is 2.42. The Bertz CT molecular complexity index is 1900. The molecule has 0 unspecified atom stereocenters. The van der Waals surface area contributed by atoms with Crippen LogP contribution in [-0.2, 0) is 25.6 Å². The number of fused-ring (bicyclic) bond motifs is 8. The Morgan fingerprint density at radius 3 is 2.50 bits per heavy atom. The summed E-state index contributed by atoms with van der Waals surface area (Å²) in [6, 6.07) is 9.41. The van der Waals surface area contributed by atoms with Crippen LogP contribution in [0.5, 0.6) is 5.75 Å². The summed E-state index contributed by atoms with van der Waals surface area (Å²) in [5.74, 6) is -2.40. The predicted molar refractivity (Wildman–Crippen MR) is 185 cm³/mol. The predicted octanol–water partition coefficient (Wildman–Crippen LogP) is 6.86. The van der Waals surface area contributed by atoms with E-state index in [-0.39, 0.29) is 19.0 Å². The molecule has 0 radical (unpaired) electrons. The van der Waals surface area contributed by atoms with Gasteiger partial charge in [-0.25, -0.2) is 18.6 Å². The molecule has 2 N–H and O–H groups in total. The average Bonchev–Trinajstić information content (AvgIpc) is 3.49. The number of aliphatic hydroxyl groups is 1. The zero-order valence-electron chi connectivity index (χ0n) is 29.4. The summed E-state index contributed by atoms with van der Waals surface area (Å²) in [6.07, 6.45) is 1.35. The SMILES string of the molecule is Cc1c([C@H](OC(C)(C)C)C(=O)O)c2n3cc(nc3c1CO)-c1cccc(c1)-c1cc(F)c(F)cc1O[C@@H](C)COCCOC1(C)CCN2CC1. The quantitative estimate of drug-likeness (QED) is 0.221. The number of ether oxygens (including phenoxy) is 4. The van der Waals surface area contributed by atoms with Crippen LogP contribution in [0.1, 0.15) is 70.3 Å². The molecule has 0 spiro atoms. The molecule has 268 valence electrons. The van der Waals surface area contributed by atoms with Gasteiger partial charge in [-0.2, -0.15) is 0 Å². The number of aliphatic carboxylic acids is 1. The number of piperidine rings is 1. The van der Waals surface area contributed by atoms with Crippen molar-refractivity contribution in [2.45, 2.75) is 84.4 Å². The fraction of sp³-hybridized carbons (Fsp3) is 0.474. The van der Waals surface area contributed by atoms with E-state index in [4.69, 9.17) is 23.9 Å². The number of imidazole rings is 1. The van der Waals surface area contributed by atoms with Crippen LogP contribution in [0.15, 0.2) is 42.6 Å². The monoisotopic (exact) mass is 693 g/mol. The van der Waals surface area contributed by atoms with Crippen LogP contribution in [-0.4, -0.2) is 75.8 Å². The van der Waals surface area contributed by atoms with Crippen LogP contribution in [0.2, 0.25) is 0 Å². The summed E-state index contributed by atoms with van der Waals surface area (Å²) in [6.45, 7) is 12.7. The highest BCUT2D eigenvalue weighted by Gasteiger charge is 2.38. The van der Waals surface area contributed by atoms with Crippen LogP contribution in [0.4, 0.5) is 14.6 Å². The highest BCUT2D eigenvalue weighted by molar-refractivity contribution is 5.82. The summed E-state index contributed by atoms with van der Waals surface area (Å²) < 4.78 is 55.5. The van der Waals surface area contributed by atoms with E-state index in [0.29, 0.717) is 89.7 Å². The third kappa shape index (κ3) is 7.20. The van der Waals surface area contributed by atoms with Crippen molar-refractivity contribution in [3.8, 4) is 28.1 Å². The van der Waals surface area contributed by atoms with Gasteiger partial charge >= 0.3 is 5.97 Å². The Hall–Kier alpha value is -4.10. The largest absolute Gasteiger partial charge is 0.488 e. The van der Waals surface area contributed by atoms with Crippen molar-refractivity contribution in [3.05, 3.63) is 70.9 Å². The average molecular weight is 694 g/mol. The number of benzene rings is 2. The Morgan fingerprint density at radius 1 is 1.12 bits per heavy atom. The van der Waals surface area contributed by atoms with Crippen LogP contribution in [0.3, 0.4) is 0 Å². The lowest BCUT2D eigenvalue weighted by molar-refractivity contribution is -0.160. The van der Waals surface area contributed by atoms with Gasteiger partial charge in [0, 0.05) is 47.6 Å². The fourth-order valence-electron chi connectivity index (χ4n) is 6.81. The Labute approximate surface area is 290 Å². The summed E-state index contributed by atoms with van der Waals surface area (Å²) in [4.78, 5) is 20.1. The maximum atomic E-state index is 14.7. The summed E-state index contributed by atoms with van der Waals surface area (Å²) >= 11 is 0. The minimum atomic E-state index is -1.34. The molecule has 50 heavy (non-hydrogen) atoms. The van der Waals surface area contributed by atoms with E-state index in [1.165, 1.54) is 0 Å². The molecule has 2 aromatic heterocycles. The van der Waals surface area contributed by atoms with E-state index in [1.807, 2.05) is 43.5 Å². The number of carboxylic acid groups (broad SMARTS) is 1. The lowest BCUT2D eigenvalue weighted by Gasteiger charge is -2.42. The molecule has 10 nitrogen and oxygen atoms in total. The number of carbonyl (C=O) groups is 1. The number of rotatable bonds is 4. The number of nitrogens with zero attached hydrogens (tertiary/aromatic N) is 3. The van der Waals surface area contributed by atoms with Gasteiger partial charge in [-0.05, 0) is 77.6 Å². The Kier molecular flexibility index (Phi) is 9.93. The maximum Gasteiger partial charge on any atom is 0.337 e. The second kappa shape index (κ2) is 13.9. The minimum absolute atomic E-state index is 0.166. The van der Waals surface area contributed by atoms with E-state index < -0.39 is 41.0 Å². The van der Waals surface area contributed by atoms with Crippen molar-refractivity contribution in [3.63, 3.8) is 0 Å². The second-order valence-electron chi connectivity index (χ2n) is 14.4. The van der Waals surface area contributed by atoms with E-state index >= 15 is 0 Å². The van der Waals surface area contributed by atoms with Gasteiger partial charge in [0.15, 0.2) is 17.7 Å². The molecular formula is C38H45F2N3O7. The van der Waals surface area contributed by atoms with E-state index in [9.17, 15) is 23.8 Å². The van der Waals surface area contributed by atoms with Gasteiger partial charge in [0.05, 0.1) is 43.3 Å². The van der Waals surface area contributed by atoms with Gasteiger partial charge < -0.3 is 34.1 Å². The number of aliphatic hydroxyl groups excluding tert-OH is 1. The van der Waals surface area contributed by atoms with Crippen molar-refractivity contribution in [2.24, 2.45) is 0 Å². The van der Waals surface area contributed by atoms with Gasteiger partial charge in [0.25, 0.3) is 0 Å². The first-order chi connectivity index (χ1) is 23.7. The molecule has 7 rings (SSSR count). The van der Waals surface area contributed by atoms with Crippen LogP contribution in [0, 0.1) is 18.6 Å². The highest BCUT2D eigenvalue weighted by atomic mass is 19.2. The fourth-order valence-corrected chi connectivity index (χ4v) is 6.81. The minimum Gasteiger partial charge on any atom is -0.488 e.